The smallest absolute Gasteiger partial charge is 0.283 e. The van der Waals surface area contributed by atoms with Crippen LogP contribution in [0.1, 0.15) is 35.7 Å². The summed E-state index contributed by atoms with van der Waals surface area (Å²) in [5.74, 6) is 0.491. The van der Waals surface area contributed by atoms with E-state index in [1.165, 1.54) is 15.9 Å². The molecule has 1 atom stereocenters. The van der Waals surface area contributed by atoms with Gasteiger partial charge >= 0.3 is 0 Å². The number of anilines is 2. The van der Waals surface area contributed by atoms with E-state index in [4.69, 9.17) is 11.6 Å². The number of hydrogen-bond acceptors (Lipinski definition) is 6. The molecule has 4 aromatic rings. The third-order valence-corrected chi connectivity index (χ3v) is 6.89. The Kier molecular flexibility index (Phi) is 5.35. The van der Waals surface area contributed by atoms with Gasteiger partial charge in [0.1, 0.15) is 0 Å². The lowest BCUT2D eigenvalue weighted by atomic mass is 9.99. The zero-order valence-corrected chi connectivity index (χ0v) is 19.3. The summed E-state index contributed by atoms with van der Waals surface area (Å²) in [5.41, 5.74) is 2.62. The lowest BCUT2D eigenvalue weighted by Crippen LogP contribution is -2.39. The summed E-state index contributed by atoms with van der Waals surface area (Å²) in [7, 11) is 0. The van der Waals surface area contributed by atoms with Crippen LogP contribution in [0.25, 0.3) is 15.9 Å². The average Bonchev–Trinajstić information content (AvgIpc) is 3.18. The Bertz CT molecular complexity index is 1410. The zero-order chi connectivity index (χ0) is 22.4. The van der Waals surface area contributed by atoms with Gasteiger partial charge in [0.15, 0.2) is 0 Å². The number of amides is 1. The van der Waals surface area contributed by atoms with Gasteiger partial charge in [-0.3, -0.25) is 9.59 Å². The van der Waals surface area contributed by atoms with Crippen molar-refractivity contribution in [1.82, 2.24) is 19.5 Å². The van der Waals surface area contributed by atoms with Crippen molar-refractivity contribution in [2.24, 2.45) is 5.92 Å². The van der Waals surface area contributed by atoms with Crippen molar-refractivity contribution in [2.75, 3.05) is 18.4 Å². The molecule has 1 fully saturated rings. The van der Waals surface area contributed by atoms with Crippen LogP contribution in [0.4, 0.5) is 10.8 Å². The first-order valence-electron chi connectivity index (χ1n) is 10.5. The molecule has 5 rings (SSSR count). The van der Waals surface area contributed by atoms with Crippen LogP contribution < -0.4 is 10.9 Å². The second-order valence-corrected chi connectivity index (χ2v) is 9.73. The first-order chi connectivity index (χ1) is 15.4. The predicted molar refractivity (Wildman–Crippen MR) is 128 cm³/mol. The number of fused-ring (bicyclic) bond motifs is 2. The van der Waals surface area contributed by atoms with E-state index in [2.05, 4.69) is 22.3 Å². The normalized spacial score (nSPS) is 16.6. The molecule has 0 saturated carbocycles. The molecule has 0 bridgehead atoms. The van der Waals surface area contributed by atoms with Gasteiger partial charge in [-0.05, 0) is 61.6 Å². The molecule has 1 saturated heterocycles. The number of aromatic nitrogens is 3. The minimum atomic E-state index is -0.261. The molecule has 0 radical (unpaired) electrons. The van der Waals surface area contributed by atoms with Gasteiger partial charge in [0.25, 0.3) is 11.5 Å². The van der Waals surface area contributed by atoms with Gasteiger partial charge in [-0.1, -0.05) is 35.9 Å². The number of likely N-dealkylation sites (tertiary alicyclic amines) is 1. The number of benzene rings is 2. The summed E-state index contributed by atoms with van der Waals surface area (Å²) >= 11 is 7.38. The second-order valence-electron chi connectivity index (χ2n) is 8.33. The summed E-state index contributed by atoms with van der Waals surface area (Å²) in [6.07, 6.45) is 2.16. The molecular weight excluding hydrogens is 446 g/mol. The molecule has 164 valence electrons. The molecule has 1 aliphatic heterocycles. The summed E-state index contributed by atoms with van der Waals surface area (Å²) in [5, 5.41) is 9.20. The van der Waals surface area contributed by atoms with Crippen LogP contribution in [0, 0.1) is 12.8 Å². The number of piperidine rings is 1. The lowest BCUT2D eigenvalue weighted by molar-refractivity contribution is 0.0683. The van der Waals surface area contributed by atoms with Crippen LogP contribution in [-0.4, -0.2) is 38.5 Å². The number of carbonyl (C=O) groups excluding carboxylic acids is 1. The summed E-state index contributed by atoms with van der Waals surface area (Å²) in [6, 6.07) is 10.6. The number of nitrogens with zero attached hydrogens (tertiary/aromatic N) is 4. The minimum Gasteiger partial charge on any atom is -0.338 e. The van der Waals surface area contributed by atoms with E-state index in [1.807, 2.05) is 30.0 Å². The quantitative estimate of drug-likeness (QED) is 0.464. The maximum absolute atomic E-state index is 13.0. The van der Waals surface area contributed by atoms with Crippen LogP contribution >= 0.6 is 22.9 Å². The van der Waals surface area contributed by atoms with Crippen LogP contribution in [0.2, 0.25) is 5.02 Å². The van der Waals surface area contributed by atoms with Crippen LogP contribution in [-0.2, 0) is 0 Å². The monoisotopic (exact) mass is 467 g/mol. The van der Waals surface area contributed by atoms with Gasteiger partial charge in [0.2, 0.25) is 10.1 Å². The Balaban J connectivity index is 1.51. The topological polar surface area (TPSA) is 79.6 Å². The SMILES string of the molecule is Cc1ccc(Cl)cc1Nc1nn2c(=O)c3ccc(C(=O)N4CCC[C@H](C)C4)cc3nc2s1. The Morgan fingerprint density at radius 2 is 2.09 bits per heavy atom. The summed E-state index contributed by atoms with van der Waals surface area (Å²) in [4.78, 5) is 33.0. The summed E-state index contributed by atoms with van der Waals surface area (Å²) in [6.45, 7) is 5.66. The van der Waals surface area contributed by atoms with Crippen molar-refractivity contribution in [3.63, 3.8) is 0 Å². The second kappa shape index (κ2) is 8.18. The third-order valence-electron chi connectivity index (χ3n) is 5.83. The predicted octanol–water partition coefficient (Wildman–Crippen LogP) is 4.88. The minimum absolute atomic E-state index is 0.0106. The molecule has 9 heteroatoms. The molecule has 0 spiro atoms. The maximum Gasteiger partial charge on any atom is 0.283 e. The molecule has 7 nitrogen and oxygen atoms in total. The Morgan fingerprint density at radius 3 is 2.91 bits per heavy atom. The van der Waals surface area contributed by atoms with E-state index in [0.29, 0.717) is 37.5 Å². The highest BCUT2D eigenvalue weighted by Gasteiger charge is 2.23. The molecule has 1 N–H and O–H groups in total. The first kappa shape index (κ1) is 20.9. The number of halogens is 1. The van der Waals surface area contributed by atoms with Crippen LogP contribution in [0.5, 0.6) is 0 Å². The number of carbonyl (C=O) groups is 1. The standard InChI is InChI=1S/C23H22ClN5O2S/c1-13-4-3-9-28(12-13)20(30)15-6-8-17-19(10-15)26-23-29(21(17)31)27-22(32-23)25-18-11-16(24)7-5-14(18)2/h5-8,10-11,13H,3-4,9,12H2,1-2H3,(H,25,27)/t13-/m0/s1. The van der Waals surface area contributed by atoms with Gasteiger partial charge in [-0.2, -0.15) is 4.52 Å². The Labute approximate surface area is 193 Å². The van der Waals surface area contributed by atoms with E-state index in [-0.39, 0.29) is 11.5 Å². The fourth-order valence-electron chi connectivity index (χ4n) is 4.09. The largest absolute Gasteiger partial charge is 0.338 e. The first-order valence-corrected chi connectivity index (χ1v) is 11.7. The highest BCUT2D eigenvalue weighted by Crippen LogP contribution is 2.27. The Hall–Kier alpha value is -2.97. The van der Waals surface area contributed by atoms with Crippen LogP contribution in [0.15, 0.2) is 41.2 Å². The van der Waals surface area contributed by atoms with Crippen LogP contribution in [0.3, 0.4) is 0 Å². The van der Waals surface area contributed by atoms with Gasteiger partial charge in [0.05, 0.1) is 10.9 Å². The van der Waals surface area contributed by atoms with Crippen molar-refractivity contribution < 1.29 is 4.79 Å². The molecule has 32 heavy (non-hydrogen) atoms. The van der Waals surface area contributed by atoms with Crippen molar-refractivity contribution >= 4 is 55.5 Å². The molecule has 2 aromatic carbocycles. The molecule has 1 aliphatic rings. The van der Waals surface area contributed by atoms with E-state index in [9.17, 15) is 9.59 Å². The number of aryl methyl sites for hydroxylation is 1. The number of rotatable bonds is 3. The zero-order valence-electron chi connectivity index (χ0n) is 17.8. The van der Waals surface area contributed by atoms with Gasteiger partial charge in [-0.15, -0.1) is 5.10 Å². The van der Waals surface area contributed by atoms with Crippen molar-refractivity contribution in [1.29, 1.82) is 0 Å². The van der Waals surface area contributed by atoms with E-state index >= 15 is 0 Å². The van der Waals surface area contributed by atoms with Crippen molar-refractivity contribution in [3.05, 3.63) is 62.9 Å². The van der Waals surface area contributed by atoms with Gasteiger partial charge in [0, 0.05) is 29.4 Å². The number of hydrogen-bond donors (Lipinski definition) is 1. The molecular formula is C23H22ClN5O2S. The highest BCUT2D eigenvalue weighted by atomic mass is 35.5. The van der Waals surface area contributed by atoms with Crippen molar-refractivity contribution in [2.45, 2.75) is 26.7 Å². The lowest BCUT2D eigenvalue weighted by Gasteiger charge is -2.31. The third kappa shape index (κ3) is 3.84. The van der Waals surface area contributed by atoms with E-state index < -0.39 is 0 Å². The Morgan fingerprint density at radius 1 is 1.25 bits per heavy atom. The average molecular weight is 468 g/mol. The van der Waals surface area contributed by atoms with E-state index in [1.54, 1.807) is 18.2 Å². The summed E-state index contributed by atoms with van der Waals surface area (Å²) < 4.78 is 1.29. The van der Waals surface area contributed by atoms with Crippen molar-refractivity contribution in [3.8, 4) is 0 Å². The van der Waals surface area contributed by atoms with E-state index in [0.717, 1.165) is 37.2 Å². The fraction of sp³-hybridized carbons (Fsp3) is 0.304. The molecule has 3 heterocycles. The van der Waals surface area contributed by atoms with Gasteiger partial charge < -0.3 is 10.2 Å². The number of nitrogens with one attached hydrogen (secondary N) is 1. The van der Waals surface area contributed by atoms with Gasteiger partial charge in [-0.25, -0.2) is 4.98 Å². The maximum atomic E-state index is 13.0. The fourth-order valence-corrected chi connectivity index (χ4v) is 5.08. The molecule has 1 amide bonds. The highest BCUT2D eigenvalue weighted by molar-refractivity contribution is 7.20. The molecule has 2 aromatic heterocycles. The molecule has 0 aliphatic carbocycles. The molecule has 0 unspecified atom stereocenters.